The molecule has 100 valence electrons. The van der Waals surface area contributed by atoms with Crippen molar-refractivity contribution in [3.63, 3.8) is 0 Å². The Kier molecular flexibility index (Phi) is 5.37. The summed E-state index contributed by atoms with van der Waals surface area (Å²) in [5, 5.41) is 1.17. The van der Waals surface area contributed by atoms with Gasteiger partial charge in [0.05, 0.1) is 18.2 Å². The van der Waals surface area contributed by atoms with E-state index < -0.39 is 0 Å². The van der Waals surface area contributed by atoms with Crippen LogP contribution in [0.5, 0.6) is 11.5 Å². The second kappa shape index (κ2) is 7.27. The molecule has 0 radical (unpaired) electrons. The van der Waals surface area contributed by atoms with Gasteiger partial charge in [-0.3, -0.25) is 0 Å². The van der Waals surface area contributed by atoms with Gasteiger partial charge < -0.3 is 9.47 Å². The van der Waals surface area contributed by atoms with Crippen LogP contribution in [0, 0.1) is 0 Å². The average molecular weight is 297 g/mol. The molecule has 2 nitrogen and oxygen atoms in total. The molecule has 0 bridgehead atoms. The third kappa shape index (κ3) is 4.66. The van der Waals surface area contributed by atoms with Crippen LogP contribution in [0.3, 0.4) is 0 Å². The highest BCUT2D eigenvalue weighted by Gasteiger charge is 2.02. The molecule has 0 fully saturated rings. The van der Waals surface area contributed by atoms with Gasteiger partial charge in [0.1, 0.15) is 11.5 Å². The number of para-hydroxylation sites is 1. The van der Waals surface area contributed by atoms with Gasteiger partial charge in [0.2, 0.25) is 0 Å². The molecular weight excluding hydrogens is 283 g/mol. The first-order valence-corrected chi connectivity index (χ1v) is 6.77. The van der Waals surface area contributed by atoms with E-state index in [2.05, 4.69) is 0 Å². The SMILES string of the molecule is Clc1ccc(Cl)c(OCCCOc2ccccc2)c1. The van der Waals surface area contributed by atoms with E-state index in [1.165, 1.54) is 0 Å². The quantitative estimate of drug-likeness (QED) is 0.710. The fourth-order valence-electron chi connectivity index (χ4n) is 1.54. The van der Waals surface area contributed by atoms with Crippen LogP contribution in [-0.2, 0) is 0 Å². The van der Waals surface area contributed by atoms with Gasteiger partial charge in [-0.05, 0) is 24.3 Å². The summed E-state index contributed by atoms with van der Waals surface area (Å²) >= 11 is 11.9. The van der Waals surface area contributed by atoms with Gasteiger partial charge >= 0.3 is 0 Å². The van der Waals surface area contributed by atoms with E-state index in [0.29, 0.717) is 29.0 Å². The van der Waals surface area contributed by atoms with Crippen LogP contribution in [-0.4, -0.2) is 13.2 Å². The van der Waals surface area contributed by atoms with E-state index in [4.69, 9.17) is 32.7 Å². The highest BCUT2D eigenvalue weighted by molar-refractivity contribution is 6.34. The predicted molar refractivity (Wildman–Crippen MR) is 78.5 cm³/mol. The number of benzene rings is 2. The maximum atomic E-state index is 5.99. The van der Waals surface area contributed by atoms with Crippen LogP contribution in [0.25, 0.3) is 0 Å². The first kappa shape index (κ1) is 14.0. The molecule has 0 N–H and O–H groups in total. The molecule has 2 aromatic carbocycles. The summed E-state index contributed by atoms with van der Waals surface area (Å²) in [6.07, 6.45) is 0.776. The zero-order chi connectivity index (χ0) is 13.5. The van der Waals surface area contributed by atoms with Gasteiger partial charge in [-0.15, -0.1) is 0 Å². The molecular formula is C15H14Cl2O2. The molecule has 4 heteroatoms. The van der Waals surface area contributed by atoms with Crippen molar-refractivity contribution in [1.29, 1.82) is 0 Å². The molecule has 19 heavy (non-hydrogen) atoms. The van der Waals surface area contributed by atoms with Crippen molar-refractivity contribution >= 4 is 23.2 Å². The third-order valence-corrected chi connectivity index (χ3v) is 3.00. The molecule has 2 aromatic rings. The minimum atomic E-state index is 0.535. The highest BCUT2D eigenvalue weighted by atomic mass is 35.5. The fraction of sp³-hybridized carbons (Fsp3) is 0.200. The van der Waals surface area contributed by atoms with Crippen LogP contribution in [0.15, 0.2) is 48.5 Å². The number of ether oxygens (including phenoxy) is 2. The zero-order valence-corrected chi connectivity index (χ0v) is 11.8. The molecule has 0 aliphatic heterocycles. The van der Waals surface area contributed by atoms with Gasteiger partial charge in [-0.25, -0.2) is 0 Å². The Labute approximate surface area is 122 Å². The summed E-state index contributed by atoms with van der Waals surface area (Å²) in [6.45, 7) is 1.13. The van der Waals surface area contributed by atoms with Crippen molar-refractivity contribution in [3.05, 3.63) is 58.6 Å². The van der Waals surface area contributed by atoms with Crippen LogP contribution in [0.2, 0.25) is 10.0 Å². The van der Waals surface area contributed by atoms with E-state index in [0.717, 1.165) is 12.2 Å². The maximum Gasteiger partial charge on any atom is 0.139 e. The molecule has 0 aromatic heterocycles. The van der Waals surface area contributed by atoms with Crippen LogP contribution in [0.1, 0.15) is 6.42 Å². The minimum absolute atomic E-state index is 0.535. The van der Waals surface area contributed by atoms with Gasteiger partial charge in [-0.2, -0.15) is 0 Å². The average Bonchev–Trinajstić information content (AvgIpc) is 2.43. The van der Waals surface area contributed by atoms with E-state index in [1.807, 2.05) is 30.3 Å². The molecule has 0 saturated heterocycles. The first-order chi connectivity index (χ1) is 9.25. The summed E-state index contributed by atoms with van der Waals surface area (Å²) in [4.78, 5) is 0. The Morgan fingerprint density at radius 2 is 1.58 bits per heavy atom. The Balaban J connectivity index is 1.71. The largest absolute Gasteiger partial charge is 0.493 e. The Bertz CT molecular complexity index is 515. The van der Waals surface area contributed by atoms with Crippen molar-refractivity contribution in [3.8, 4) is 11.5 Å². The fourth-order valence-corrected chi connectivity index (χ4v) is 1.87. The lowest BCUT2D eigenvalue weighted by atomic mass is 10.3. The van der Waals surface area contributed by atoms with Gasteiger partial charge in [0.25, 0.3) is 0 Å². The van der Waals surface area contributed by atoms with E-state index in [1.54, 1.807) is 18.2 Å². The zero-order valence-electron chi connectivity index (χ0n) is 10.3. The highest BCUT2D eigenvalue weighted by Crippen LogP contribution is 2.27. The Hall–Kier alpha value is -1.38. The molecule has 0 amide bonds. The summed E-state index contributed by atoms with van der Waals surface area (Å²) in [7, 11) is 0. The van der Waals surface area contributed by atoms with E-state index in [-0.39, 0.29) is 0 Å². The molecule has 0 aliphatic rings. The molecule has 0 aliphatic carbocycles. The predicted octanol–water partition coefficient (Wildman–Crippen LogP) is 4.84. The third-order valence-electron chi connectivity index (χ3n) is 2.45. The lowest BCUT2D eigenvalue weighted by Crippen LogP contribution is -2.05. The monoisotopic (exact) mass is 296 g/mol. The van der Waals surface area contributed by atoms with Crippen molar-refractivity contribution in [2.24, 2.45) is 0 Å². The van der Waals surface area contributed by atoms with Crippen molar-refractivity contribution in [2.75, 3.05) is 13.2 Å². The Morgan fingerprint density at radius 1 is 0.842 bits per heavy atom. The molecule has 0 saturated carbocycles. The van der Waals surface area contributed by atoms with Gasteiger partial charge in [0, 0.05) is 17.5 Å². The van der Waals surface area contributed by atoms with Crippen molar-refractivity contribution < 1.29 is 9.47 Å². The summed E-state index contributed by atoms with van der Waals surface area (Å²) in [6, 6.07) is 14.9. The van der Waals surface area contributed by atoms with Gasteiger partial charge in [-0.1, -0.05) is 41.4 Å². The van der Waals surface area contributed by atoms with Crippen molar-refractivity contribution in [1.82, 2.24) is 0 Å². The normalized spacial score (nSPS) is 10.2. The maximum absolute atomic E-state index is 5.99. The molecule has 0 unspecified atom stereocenters. The standard InChI is InChI=1S/C15H14Cl2O2/c16-12-7-8-14(17)15(11-12)19-10-4-9-18-13-5-2-1-3-6-13/h1-3,5-8,11H,4,9-10H2. The second-order valence-corrected chi connectivity index (χ2v) is 4.78. The lowest BCUT2D eigenvalue weighted by Gasteiger charge is -2.09. The first-order valence-electron chi connectivity index (χ1n) is 6.01. The van der Waals surface area contributed by atoms with Crippen LogP contribution < -0.4 is 9.47 Å². The summed E-state index contributed by atoms with van der Waals surface area (Å²) < 4.78 is 11.1. The smallest absolute Gasteiger partial charge is 0.139 e. The molecule has 2 rings (SSSR count). The number of hydrogen-bond acceptors (Lipinski definition) is 2. The van der Waals surface area contributed by atoms with Crippen molar-refractivity contribution in [2.45, 2.75) is 6.42 Å². The number of halogens is 2. The van der Waals surface area contributed by atoms with E-state index >= 15 is 0 Å². The van der Waals surface area contributed by atoms with Crippen LogP contribution >= 0.6 is 23.2 Å². The molecule has 0 heterocycles. The molecule has 0 spiro atoms. The molecule has 0 atom stereocenters. The van der Waals surface area contributed by atoms with E-state index in [9.17, 15) is 0 Å². The number of rotatable bonds is 6. The summed E-state index contributed by atoms with van der Waals surface area (Å²) in [5.41, 5.74) is 0. The van der Waals surface area contributed by atoms with Gasteiger partial charge in [0.15, 0.2) is 0 Å². The minimum Gasteiger partial charge on any atom is -0.493 e. The topological polar surface area (TPSA) is 18.5 Å². The Morgan fingerprint density at radius 3 is 2.37 bits per heavy atom. The number of hydrogen-bond donors (Lipinski definition) is 0. The van der Waals surface area contributed by atoms with Crippen LogP contribution in [0.4, 0.5) is 0 Å². The lowest BCUT2D eigenvalue weighted by molar-refractivity contribution is 0.247. The second-order valence-electron chi connectivity index (χ2n) is 3.94. The summed E-state index contributed by atoms with van der Waals surface area (Å²) in [5.74, 6) is 1.47.